The van der Waals surface area contributed by atoms with Crippen LogP contribution in [-0.2, 0) is 9.59 Å². The number of carbonyl (C=O) groups is 2. The minimum atomic E-state index is -0.298. The monoisotopic (exact) mass is 456 g/mol. The number of hydrogen-bond donors (Lipinski definition) is 0. The van der Waals surface area contributed by atoms with E-state index in [0.29, 0.717) is 27.1 Å². The number of carbonyl (C=O) groups excluding carboxylic acids is 2. The van der Waals surface area contributed by atoms with Gasteiger partial charge in [-0.2, -0.15) is 0 Å². The van der Waals surface area contributed by atoms with Crippen LogP contribution in [0.1, 0.15) is 32.1 Å². The molecule has 1 saturated carbocycles. The molecule has 0 atom stereocenters. The van der Waals surface area contributed by atoms with Gasteiger partial charge in [0.15, 0.2) is 0 Å². The van der Waals surface area contributed by atoms with Crippen molar-refractivity contribution in [1.29, 1.82) is 0 Å². The van der Waals surface area contributed by atoms with E-state index in [0.717, 1.165) is 30.6 Å². The number of halogens is 1. The van der Waals surface area contributed by atoms with Crippen LogP contribution in [0.3, 0.4) is 0 Å². The van der Waals surface area contributed by atoms with Crippen molar-refractivity contribution in [2.45, 2.75) is 43.0 Å². The number of thioether (sulfide) groups is 1. The standard InChI is InChI=1S/C24H25ClN2O3S/c1-26(17-6-4-3-5-7-17)21-22(31-20-14-8-16(25)9-15-20)24(29)27(23(21)28)18-10-12-19(30-2)13-11-18/h8-15,17H,3-7H2,1-2H3. The highest BCUT2D eigenvalue weighted by atomic mass is 35.5. The molecule has 5 nitrogen and oxygen atoms in total. The first-order valence-electron chi connectivity index (χ1n) is 10.4. The van der Waals surface area contributed by atoms with E-state index in [1.807, 2.05) is 24.1 Å². The summed E-state index contributed by atoms with van der Waals surface area (Å²) in [5, 5.41) is 0.631. The number of likely N-dealkylation sites (N-methyl/N-ethyl adjacent to an activating group) is 1. The third-order valence-electron chi connectivity index (χ3n) is 5.86. The first-order chi connectivity index (χ1) is 15.0. The van der Waals surface area contributed by atoms with Gasteiger partial charge in [0, 0.05) is 23.0 Å². The summed E-state index contributed by atoms with van der Waals surface area (Å²) < 4.78 is 5.21. The molecule has 2 aromatic rings. The molecular formula is C24H25ClN2O3S. The third-order valence-corrected chi connectivity index (χ3v) is 7.19. The quantitative estimate of drug-likeness (QED) is 0.538. The molecule has 2 amide bonds. The van der Waals surface area contributed by atoms with Crippen molar-refractivity contribution in [3.63, 3.8) is 0 Å². The lowest BCUT2D eigenvalue weighted by Gasteiger charge is -2.33. The first-order valence-corrected chi connectivity index (χ1v) is 11.6. The van der Waals surface area contributed by atoms with Gasteiger partial charge >= 0.3 is 0 Å². The number of rotatable bonds is 6. The summed E-state index contributed by atoms with van der Waals surface area (Å²) in [4.78, 5) is 31.7. The van der Waals surface area contributed by atoms with Crippen LogP contribution in [0.5, 0.6) is 5.75 Å². The van der Waals surface area contributed by atoms with E-state index < -0.39 is 0 Å². The zero-order chi connectivity index (χ0) is 22.0. The first kappa shape index (κ1) is 21.8. The lowest BCUT2D eigenvalue weighted by Crippen LogP contribution is -2.38. The Morgan fingerprint density at radius 3 is 2.23 bits per heavy atom. The van der Waals surface area contributed by atoms with Gasteiger partial charge in [-0.1, -0.05) is 42.6 Å². The van der Waals surface area contributed by atoms with E-state index in [4.69, 9.17) is 16.3 Å². The SMILES string of the molecule is COc1ccc(N2C(=O)C(Sc3ccc(Cl)cc3)=C(N(C)C3CCCCC3)C2=O)cc1. The van der Waals surface area contributed by atoms with Gasteiger partial charge in [0.05, 0.1) is 12.8 Å². The van der Waals surface area contributed by atoms with Crippen molar-refractivity contribution < 1.29 is 14.3 Å². The maximum absolute atomic E-state index is 13.5. The molecule has 1 aliphatic carbocycles. The molecule has 1 aliphatic heterocycles. The van der Waals surface area contributed by atoms with Crippen LogP contribution < -0.4 is 9.64 Å². The fourth-order valence-electron chi connectivity index (χ4n) is 4.14. The van der Waals surface area contributed by atoms with Crippen molar-refractivity contribution >= 4 is 40.9 Å². The van der Waals surface area contributed by atoms with Crippen molar-refractivity contribution in [3.8, 4) is 5.75 Å². The molecule has 4 rings (SSSR count). The van der Waals surface area contributed by atoms with Gasteiger partial charge in [-0.05, 0) is 61.4 Å². The zero-order valence-electron chi connectivity index (χ0n) is 17.6. The van der Waals surface area contributed by atoms with Gasteiger partial charge in [0.2, 0.25) is 0 Å². The van der Waals surface area contributed by atoms with Crippen LogP contribution in [0, 0.1) is 0 Å². The third kappa shape index (κ3) is 4.46. The van der Waals surface area contributed by atoms with E-state index in [9.17, 15) is 9.59 Å². The van der Waals surface area contributed by atoms with Gasteiger partial charge in [0.1, 0.15) is 16.4 Å². The van der Waals surface area contributed by atoms with Gasteiger partial charge in [-0.3, -0.25) is 9.59 Å². The maximum Gasteiger partial charge on any atom is 0.283 e. The van der Waals surface area contributed by atoms with E-state index in [1.165, 1.54) is 23.1 Å². The Morgan fingerprint density at radius 1 is 0.968 bits per heavy atom. The van der Waals surface area contributed by atoms with Crippen molar-refractivity contribution in [2.75, 3.05) is 19.1 Å². The highest BCUT2D eigenvalue weighted by Crippen LogP contribution is 2.40. The summed E-state index contributed by atoms with van der Waals surface area (Å²) in [6.07, 6.45) is 5.57. The van der Waals surface area contributed by atoms with Crippen LogP contribution in [0.15, 0.2) is 64.0 Å². The molecule has 0 aromatic heterocycles. The Morgan fingerprint density at radius 2 is 1.61 bits per heavy atom. The van der Waals surface area contributed by atoms with Crippen LogP contribution in [0.4, 0.5) is 5.69 Å². The molecule has 2 aliphatic rings. The Labute approximate surface area is 192 Å². The average molecular weight is 457 g/mol. The summed E-state index contributed by atoms with van der Waals surface area (Å²) in [6, 6.07) is 14.6. The molecule has 0 saturated heterocycles. The van der Waals surface area contributed by atoms with Crippen LogP contribution >= 0.6 is 23.4 Å². The second kappa shape index (κ2) is 9.37. The van der Waals surface area contributed by atoms with Gasteiger partial charge in [-0.25, -0.2) is 4.90 Å². The number of benzene rings is 2. The fraction of sp³-hybridized carbons (Fsp3) is 0.333. The van der Waals surface area contributed by atoms with Crippen molar-refractivity contribution in [1.82, 2.24) is 4.90 Å². The minimum absolute atomic E-state index is 0.261. The molecule has 0 unspecified atom stereocenters. The van der Waals surface area contributed by atoms with E-state index in [1.54, 1.807) is 43.5 Å². The fourth-order valence-corrected chi connectivity index (χ4v) is 5.28. The van der Waals surface area contributed by atoms with E-state index in [-0.39, 0.29) is 17.9 Å². The molecule has 0 N–H and O–H groups in total. The molecule has 162 valence electrons. The number of amides is 2. The highest BCUT2D eigenvalue weighted by Gasteiger charge is 2.43. The average Bonchev–Trinajstić information content (AvgIpc) is 3.04. The second-order valence-electron chi connectivity index (χ2n) is 7.78. The summed E-state index contributed by atoms with van der Waals surface area (Å²) >= 11 is 7.34. The van der Waals surface area contributed by atoms with Crippen molar-refractivity contribution in [2.24, 2.45) is 0 Å². The summed E-state index contributed by atoms with van der Waals surface area (Å²) in [6.45, 7) is 0. The summed E-state index contributed by atoms with van der Waals surface area (Å²) in [7, 11) is 3.53. The zero-order valence-corrected chi connectivity index (χ0v) is 19.2. The normalized spacial score (nSPS) is 17.5. The smallest absolute Gasteiger partial charge is 0.283 e. The van der Waals surface area contributed by atoms with Crippen LogP contribution in [0.2, 0.25) is 5.02 Å². The molecule has 0 spiro atoms. The number of ether oxygens (including phenoxy) is 1. The Balaban J connectivity index is 1.71. The second-order valence-corrected chi connectivity index (χ2v) is 9.30. The topological polar surface area (TPSA) is 49.9 Å². The highest BCUT2D eigenvalue weighted by molar-refractivity contribution is 8.04. The minimum Gasteiger partial charge on any atom is -0.497 e. The van der Waals surface area contributed by atoms with E-state index in [2.05, 4.69) is 0 Å². The summed E-state index contributed by atoms with van der Waals surface area (Å²) in [5.74, 6) is 0.0959. The number of imide groups is 1. The Bertz CT molecular complexity index is 998. The number of anilines is 1. The number of nitrogens with zero attached hydrogens (tertiary/aromatic N) is 2. The molecule has 1 heterocycles. The Hall–Kier alpha value is -2.44. The van der Waals surface area contributed by atoms with Gasteiger partial charge < -0.3 is 9.64 Å². The van der Waals surface area contributed by atoms with E-state index >= 15 is 0 Å². The molecule has 0 radical (unpaired) electrons. The summed E-state index contributed by atoms with van der Waals surface area (Å²) in [5.41, 5.74) is 1.02. The largest absolute Gasteiger partial charge is 0.497 e. The molecule has 7 heteroatoms. The molecular weight excluding hydrogens is 432 g/mol. The molecule has 1 fully saturated rings. The predicted octanol–water partition coefficient (Wildman–Crippen LogP) is 5.49. The van der Waals surface area contributed by atoms with Gasteiger partial charge in [-0.15, -0.1) is 0 Å². The number of methoxy groups -OCH3 is 1. The van der Waals surface area contributed by atoms with Crippen LogP contribution in [0.25, 0.3) is 0 Å². The Kier molecular flexibility index (Phi) is 6.58. The lowest BCUT2D eigenvalue weighted by atomic mass is 9.94. The predicted molar refractivity (Wildman–Crippen MR) is 124 cm³/mol. The lowest BCUT2D eigenvalue weighted by molar-refractivity contribution is -0.121. The van der Waals surface area contributed by atoms with Crippen molar-refractivity contribution in [3.05, 3.63) is 64.2 Å². The molecule has 31 heavy (non-hydrogen) atoms. The van der Waals surface area contributed by atoms with Gasteiger partial charge in [0.25, 0.3) is 11.8 Å². The van der Waals surface area contributed by atoms with Crippen LogP contribution in [-0.4, -0.2) is 36.9 Å². The maximum atomic E-state index is 13.5. The molecule has 2 aromatic carbocycles. The molecule has 0 bridgehead atoms. The number of hydrogen-bond acceptors (Lipinski definition) is 5.